The van der Waals surface area contributed by atoms with Crippen molar-refractivity contribution in [3.05, 3.63) is 70.5 Å². The van der Waals surface area contributed by atoms with E-state index in [-0.39, 0.29) is 12.5 Å². The Morgan fingerprint density at radius 2 is 1.90 bits per heavy atom. The molecule has 6 nitrogen and oxygen atoms in total. The fourth-order valence-corrected chi connectivity index (χ4v) is 3.97. The minimum absolute atomic E-state index is 0.0552. The van der Waals surface area contributed by atoms with Crippen molar-refractivity contribution in [3.63, 3.8) is 0 Å². The Balaban J connectivity index is 1.61. The van der Waals surface area contributed by atoms with Gasteiger partial charge < -0.3 is 10.2 Å². The molecule has 1 saturated heterocycles. The standard InChI is InChI=1S/C23H20FN3O3/c1-2-3-4-5-15-6-11-19-16(12-15)13-27(20(19)28)14-23(21(29)25-22(30)26-23)17-7-9-18(24)10-8-17/h6-12H,4-5,13-14H2,1H3,(H2,25,26,29,30). The molecule has 2 aromatic carbocycles. The van der Waals surface area contributed by atoms with E-state index in [9.17, 15) is 18.8 Å². The number of urea groups is 1. The first-order valence-corrected chi connectivity index (χ1v) is 9.63. The summed E-state index contributed by atoms with van der Waals surface area (Å²) in [5, 5.41) is 4.88. The van der Waals surface area contributed by atoms with Gasteiger partial charge in [0.15, 0.2) is 5.54 Å². The largest absolute Gasteiger partial charge is 0.331 e. The van der Waals surface area contributed by atoms with Gasteiger partial charge in [-0.05, 0) is 48.2 Å². The van der Waals surface area contributed by atoms with Crippen molar-refractivity contribution >= 4 is 17.8 Å². The fraction of sp³-hybridized carbons (Fsp3) is 0.261. The van der Waals surface area contributed by atoms with Gasteiger partial charge in [0.05, 0.1) is 6.54 Å². The van der Waals surface area contributed by atoms with Crippen molar-refractivity contribution in [1.82, 2.24) is 15.5 Å². The molecule has 2 heterocycles. The number of imide groups is 1. The van der Waals surface area contributed by atoms with Crippen LogP contribution in [0.1, 0.15) is 40.4 Å². The summed E-state index contributed by atoms with van der Waals surface area (Å²) in [6.45, 7) is 2.07. The van der Waals surface area contributed by atoms with E-state index in [4.69, 9.17) is 0 Å². The van der Waals surface area contributed by atoms with Crippen LogP contribution in [0.25, 0.3) is 0 Å². The molecule has 152 valence electrons. The van der Waals surface area contributed by atoms with E-state index in [1.807, 2.05) is 12.1 Å². The molecule has 30 heavy (non-hydrogen) atoms. The van der Waals surface area contributed by atoms with E-state index >= 15 is 0 Å². The average molecular weight is 405 g/mol. The molecule has 1 atom stereocenters. The molecule has 1 unspecified atom stereocenters. The quantitative estimate of drug-likeness (QED) is 0.593. The monoisotopic (exact) mass is 405 g/mol. The SMILES string of the molecule is CC#CCCc1ccc2c(c1)CN(CC1(c3ccc(F)cc3)NC(=O)NC1=O)C2=O. The second kappa shape index (κ2) is 7.64. The lowest BCUT2D eigenvalue weighted by Crippen LogP contribution is -2.52. The molecule has 2 N–H and O–H groups in total. The van der Waals surface area contributed by atoms with Crippen LogP contribution < -0.4 is 10.6 Å². The lowest BCUT2D eigenvalue weighted by atomic mass is 9.89. The first kappa shape index (κ1) is 19.6. The lowest BCUT2D eigenvalue weighted by Gasteiger charge is -2.31. The number of carbonyl (C=O) groups is 3. The number of nitrogens with one attached hydrogen (secondary N) is 2. The smallest absolute Gasteiger partial charge is 0.322 e. The summed E-state index contributed by atoms with van der Waals surface area (Å²) < 4.78 is 13.4. The van der Waals surface area contributed by atoms with E-state index in [0.717, 1.165) is 24.0 Å². The van der Waals surface area contributed by atoms with Crippen LogP contribution in [-0.2, 0) is 23.3 Å². The second-order valence-corrected chi connectivity index (χ2v) is 7.40. The molecule has 0 radical (unpaired) electrons. The molecule has 4 rings (SSSR count). The van der Waals surface area contributed by atoms with Gasteiger partial charge in [0, 0.05) is 18.5 Å². The topological polar surface area (TPSA) is 78.5 Å². The minimum Gasteiger partial charge on any atom is -0.331 e. The number of rotatable bonds is 5. The van der Waals surface area contributed by atoms with Crippen LogP contribution in [0.3, 0.4) is 0 Å². The van der Waals surface area contributed by atoms with E-state index < -0.39 is 23.3 Å². The summed E-state index contributed by atoms with van der Waals surface area (Å²) in [6.07, 6.45) is 1.53. The van der Waals surface area contributed by atoms with E-state index in [1.54, 1.807) is 13.0 Å². The van der Waals surface area contributed by atoms with Crippen molar-refractivity contribution in [3.8, 4) is 11.8 Å². The minimum atomic E-state index is -1.47. The highest BCUT2D eigenvalue weighted by atomic mass is 19.1. The molecule has 0 aromatic heterocycles. The molecule has 2 aliphatic rings. The molecule has 7 heteroatoms. The summed E-state index contributed by atoms with van der Waals surface area (Å²) in [4.78, 5) is 39.1. The number of nitrogens with zero attached hydrogens (tertiary/aromatic N) is 1. The Kier molecular flexibility index (Phi) is 5.00. The maximum absolute atomic E-state index is 13.4. The fourth-order valence-electron chi connectivity index (χ4n) is 3.97. The Labute approximate surface area is 173 Å². The summed E-state index contributed by atoms with van der Waals surface area (Å²) in [5.74, 6) is 4.66. The maximum Gasteiger partial charge on any atom is 0.322 e. The summed E-state index contributed by atoms with van der Waals surface area (Å²) in [5.41, 5.74) is 1.49. The molecule has 2 aliphatic heterocycles. The third-order valence-electron chi connectivity index (χ3n) is 5.47. The average Bonchev–Trinajstić information content (AvgIpc) is 3.18. The predicted octanol–water partition coefficient (Wildman–Crippen LogP) is 2.47. The van der Waals surface area contributed by atoms with Crippen LogP contribution in [-0.4, -0.2) is 29.3 Å². The number of hydrogen-bond acceptors (Lipinski definition) is 3. The first-order chi connectivity index (χ1) is 14.4. The van der Waals surface area contributed by atoms with E-state index in [0.29, 0.717) is 17.7 Å². The van der Waals surface area contributed by atoms with Crippen LogP contribution >= 0.6 is 0 Å². The van der Waals surface area contributed by atoms with Gasteiger partial charge in [0.1, 0.15) is 5.82 Å². The Bertz CT molecular complexity index is 1100. The maximum atomic E-state index is 13.4. The van der Waals surface area contributed by atoms with Gasteiger partial charge in [-0.15, -0.1) is 11.8 Å². The number of amides is 4. The summed E-state index contributed by atoms with van der Waals surface area (Å²) >= 11 is 0. The van der Waals surface area contributed by atoms with Gasteiger partial charge >= 0.3 is 6.03 Å². The highest BCUT2D eigenvalue weighted by Crippen LogP contribution is 2.31. The van der Waals surface area contributed by atoms with Crippen LogP contribution in [0.4, 0.5) is 9.18 Å². The summed E-state index contributed by atoms with van der Waals surface area (Å²) in [7, 11) is 0. The van der Waals surface area contributed by atoms with Crippen molar-refractivity contribution in [2.24, 2.45) is 0 Å². The van der Waals surface area contributed by atoms with Crippen molar-refractivity contribution < 1.29 is 18.8 Å². The van der Waals surface area contributed by atoms with Crippen LogP contribution in [0.5, 0.6) is 0 Å². The molecule has 0 bridgehead atoms. The zero-order valence-electron chi connectivity index (χ0n) is 16.4. The van der Waals surface area contributed by atoms with Gasteiger partial charge in [0.2, 0.25) is 0 Å². The van der Waals surface area contributed by atoms with Gasteiger partial charge in [-0.3, -0.25) is 14.9 Å². The second-order valence-electron chi connectivity index (χ2n) is 7.40. The molecular weight excluding hydrogens is 385 g/mol. The number of hydrogen-bond donors (Lipinski definition) is 2. The molecule has 4 amide bonds. The normalized spacial score (nSPS) is 19.8. The van der Waals surface area contributed by atoms with E-state index in [1.165, 1.54) is 29.2 Å². The Morgan fingerprint density at radius 3 is 2.57 bits per heavy atom. The Hall–Kier alpha value is -3.66. The van der Waals surface area contributed by atoms with Crippen LogP contribution in [0.2, 0.25) is 0 Å². The lowest BCUT2D eigenvalue weighted by molar-refractivity contribution is -0.124. The van der Waals surface area contributed by atoms with Crippen molar-refractivity contribution in [1.29, 1.82) is 0 Å². The first-order valence-electron chi connectivity index (χ1n) is 9.63. The van der Waals surface area contributed by atoms with Crippen LogP contribution in [0, 0.1) is 17.7 Å². The number of halogens is 1. The zero-order chi connectivity index (χ0) is 21.3. The zero-order valence-corrected chi connectivity index (χ0v) is 16.4. The molecule has 2 aromatic rings. The van der Waals surface area contributed by atoms with Gasteiger partial charge in [0.25, 0.3) is 11.8 Å². The molecule has 1 fully saturated rings. The predicted molar refractivity (Wildman–Crippen MR) is 108 cm³/mol. The number of aryl methyl sites for hydroxylation is 1. The van der Waals surface area contributed by atoms with Gasteiger partial charge in [-0.25, -0.2) is 9.18 Å². The van der Waals surface area contributed by atoms with Gasteiger partial charge in [-0.1, -0.05) is 24.3 Å². The molecular formula is C23H20FN3O3. The van der Waals surface area contributed by atoms with Crippen molar-refractivity contribution in [2.45, 2.75) is 31.8 Å². The molecule has 0 spiro atoms. The van der Waals surface area contributed by atoms with Crippen LogP contribution in [0.15, 0.2) is 42.5 Å². The van der Waals surface area contributed by atoms with Crippen molar-refractivity contribution in [2.75, 3.05) is 6.54 Å². The van der Waals surface area contributed by atoms with E-state index in [2.05, 4.69) is 22.5 Å². The third-order valence-corrected chi connectivity index (χ3v) is 5.47. The number of carbonyl (C=O) groups excluding carboxylic acids is 3. The molecule has 0 saturated carbocycles. The summed E-state index contributed by atoms with van der Waals surface area (Å²) in [6, 6.07) is 10.4. The third kappa shape index (κ3) is 3.41. The number of benzene rings is 2. The Morgan fingerprint density at radius 1 is 1.13 bits per heavy atom. The molecule has 0 aliphatic carbocycles. The highest BCUT2D eigenvalue weighted by molar-refractivity contribution is 6.08. The number of fused-ring (bicyclic) bond motifs is 1. The van der Waals surface area contributed by atoms with Gasteiger partial charge in [-0.2, -0.15) is 0 Å². The highest BCUT2D eigenvalue weighted by Gasteiger charge is 2.50.